The molecule has 0 saturated carbocycles. The van der Waals surface area contributed by atoms with Gasteiger partial charge in [0.1, 0.15) is 17.3 Å². The highest BCUT2D eigenvalue weighted by atomic mass is 19.1. The first-order valence-corrected chi connectivity index (χ1v) is 9.22. The van der Waals surface area contributed by atoms with Crippen LogP contribution in [0, 0.1) is 11.3 Å². The number of aromatic nitrogens is 1. The Bertz CT molecular complexity index is 846. The number of aryl methyl sites for hydroxylation is 1. The molecule has 0 N–H and O–H groups in total. The van der Waals surface area contributed by atoms with Gasteiger partial charge in [-0.3, -0.25) is 4.79 Å². The molecule has 1 aromatic carbocycles. The minimum absolute atomic E-state index is 0.162. The van der Waals surface area contributed by atoms with Gasteiger partial charge in [0.25, 0.3) is 5.56 Å². The molecule has 0 amide bonds. The third-order valence-electron chi connectivity index (χ3n) is 5.20. The predicted molar refractivity (Wildman–Crippen MR) is 101 cm³/mol. The van der Waals surface area contributed by atoms with Crippen molar-refractivity contribution in [2.45, 2.75) is 44.8 Å². The molecular weight excluding hydrogens is 329 g/mol. The van der Waals surface area contributed by atoms with Crippen LogP contribution in [0.4, 0.5) is 10.1 Å². The van der Waals surface area contributed by atoms with E-state index in [0.29, 0.717) is 43.7 Å². The summed E-state index contributed by atoms with van der Waals surface area (Å²) in [6.07, 6.45) is 4.33. The van der Waals surface area contributed by atoms with Crippen LogP contribution in [0.3, 0.4) is 0 Å². The van der Waals surface area contributed by atoms with Crippen LogP contribution < -0.4 is 10.5 Å². The Balaban J connectivity index is 1.80. The zero-order valence-corrected chi connectivity index (χ0v) is 15.1. The highest BCUT2D eigenvalue weighted by Gasteiger charge is 2.36. The number of halogens is 1. The minimum atomic E-state index is -1.35. The van der Waals surface area contributed by atoms with Crippen molar-refractivity contribution in [2.75, 3.05) is 18.0 Å². The summed E-state index contributed by atoms with van der Waals surface area (Å²) in [7, 11) is 0. The molecule has 0 radical (unpaired) electrons. The molecule has 0 atom stereocenters. The fraction of sp³-hybridized carbons (Fsp3) is 0.429. The van der Waals surface area contributed by atoms with Crippen LogP contribution >= 0.6 is 0 Å². The lowest BCUT2D eigenvalue weighted by Crippen LogP contribution is -2.41. The number of piperidine rings is 1. The van der Waals surface area contributed by atoms with E-state index in [1.807, 2.05) is 41.3 Å². The first-order chi connectivity index (χ1) is 12.6. The van der Waals surface area contributed by atoms with E-state index in [9.17, 15) is 10.1 Å². The van der Waals surface area contributed by atoms with Gasteiger partial charge in [-0.2, -0.15) is 5.26 Å². The lowest BCUT2D eigenvalue weighted by molar-refractivity contribution is 0.125. The van der Waals surface area contributed by atoms with Crippen LogP contribution in [0.15, 0.2) is 47.4 Å². The van der Waals surface area contributed by atoms with Crippen molar-refractivity contribution in [3.8, 4) is 6.07 Å². The summed E-state index contributed by atoms with van der Waals surface area (Å²) in [5.74, 6) is 0. The predicted octanol–water partition coefficient (Wildman–Crippen LogP) is 3.99. The van der Waals surface area contributed by atoms with E-state index in [0.717, 1.165) is 12.8 Å². The molecular formula is C21H24FN3O. The van der Waals surface area contributed by atoms with Crippen LogP contribution in [-0.4, -0.2) is 17.7 Å². The van der Waals surface area contributed by atoms with Crippen molar-refractivity contribution in [1.29, 1.82) is 5.26 Å². The summed E-state index contributed by atoms with van der Waals surface area (Å²) in [5.41, 5.74) is -0.107. The minimum Gasteiger partial charge on any atom is -0.370 e. The molecule has 0 unspecified atom stereocenters. The SMILES string of the molecule is CCCCn1ccc(N2CCC(F)(c3ccccc3)CC2)c(C#N)c1=O. The number of anilines is 1. The monoisotopic (exact) mass is 353 g/mol. The van der Waals surface area contributed by atoms with Gasteiger partial charge >= 0.3 is 0 Å². The lowest BCUT2D eigenvalue weighted by Gasteiger charge is -2.38. The molecule has 0 aliphatic carbocycles. The summed E-state index contributed by atoms with van der Waals surface area (Å²) >= 11 is 0. The third-order valence-corrected chi connectivity index (χ3v) is 5.20. The van der Waals surface area contributed by atoms with Crippen molar-refractivity contribution in [3.63, 3.8) is 0 Å². The maximum Gasteiger partial charge on any atom is 0.270 e. The zero-order valence-electron chi connectivity index (χ0n) is 15.1. The Kier molecular flexibility index (Phi) is 5.41. The first kappa shape index (κ1) is 18.2. The summed E-state index contributed by atoms with van der Waals surface area (Å²) in [6, 6.07) is 13.1. The number of unbranched alkanes of at least 4 members (excludes halogenated alkanes) is 1. The molecule has 5 heteroatoms. The quantitative estimate of drug-likeness (QED) is 0.817. The van der Waals surface area contributed by atoms with Gasteiger partial charge in [-0.25, -0.2) is 4.39 Å². The average molecular weight is 353 g/mol. The molecule has 136 valence electrons. The third kappa shape index (κ3) is 3.50. The molecule has 1 saturated heterocycles. The van der Waals surface area contributed by atoms with Crippen molar-refractivity contribution >= 4 is 5.69 Å². The van der Waals surface area contributed by atoms with Gasteiger partial charge in [-0.1, -0.05) is 43.7 Å². The van der Waals surface area contributed by atoms with E-state index in [2.05, 4.69) is 13.0 Å². The van der Waals surface area contributed by atoms with Gasteiger partial charge in [-0.05, 0) is 18.1 Å². The second-order valence-corrected chi connectivity index (χ2v) is 6.86. The molecule has 4 nitrogen and oxygen atoms in total. The average Bonchev–Trinajstić information content (AvgIpc) is 2.68. The Morgan fingerprint density at radius 3 is 2.50 bits per heavy atom. The Labute approximate surface area is 153 Å². The number of pyridine rings is 1. The Morgan fingerprint density at radius 1 is 1.19 bits per heavy atom. The lowest BCUT2D eigenvalue weighted by atomic mass is 9.86. The fourth-order valence-corrected chi connectivity index (χ4v) is 3.57. The molecule has 1 aromatic heterocycles. The number of rotatable bonds is 5. The van der Waals surface area contributed by atoms with Crippen molar-refractivity contribution in [3.05, 3.63) is 64.1 Å². The summed E-state index contributed by atoms with van der Waals surface area (Å²) in [6.45, 7) is 3.65. The van der Waals surface area contributed by atoms with Crippen molar-refractivity contribution in [2.24, 2.45) is 0 Å². The molecule has 0 spiro atoms. The van der Waals surface area contributed by atoms with E-state index in [1.165, 1.54) is 0 Å². The Morgan fingerprint density at radius 2 is 1.88 bits per heavy atom. The van der Waals surface area contributed by atoms with Crippen molar-refractivity contribution < 1.29 is 4.39 Å². The highest BCUT2D eigenvalue weighted by molar-refractivity contribution is 5.58. The molecule has 1 aliphatic rings. The number of hydrogen-bond acceptors (Lipinski definition) is 3. The van der Waals surface area contributed by atoms with Gasteiger partial charge in [0.2, 0.25) is 0 Å². The topological polar surface area (TPSA) is 49.0 Å². The number of alkyl halides is 1. The largest absolute Gasteiger partial charge is 0.370 e. The molecule has 26 heavy (non-hydrogen) atoms. The maximum absolute atomic E-state index is 15.3. The number of nitriles is 1. The summed E-state index contributed by atoms with van der Waals surface area (Å²) in [4.78, 5) is 14.5. The van der Waals surface area contributed by atoms with Gasteiger partial charge in [0.15, 0.2) is 0 Å². The van der Waals surface area contributed by atoms with Crippen LogP contribution in [0.5, 0.6) is 0 Å². The molecule has 1 fully saturated rings. The normalized spacial score (nSPS) is 16.3. The number of benzene rings is 1. The van der Waals surface area contributed by atoms with Crippen LogP contribution in [0.1, 0.15) is 43.7 Å². The fourth-order valence-electron chi connectivity index (χ4n) is 3.57. The summed E-state index contributed by atoms with van der Waals surface area (Å²) in [5, 5.41) is 9.50. The van der Waals surface area contributed by atoms with Gasteiger partial charge in [0, 0.05) is 38.7 Å². The molecule has 2 heterocycles. The Hall–Kier alpha value is -2.61. The molecule has 2 aromatic rings. The standard InChI is InChI=1S/C21H24FN3O/c1-2-3-12-25-13-9-19(18(16-23)20(25)26)24-14-10-21(22,11-15-24)17-7-5-4-6-8-17/h4-9,13H,2-3,10-12,14-15H2,1H3. The van der Waals surface area contributed by atoms with Gasteiger partial charge in [-0.15, -0.1) is 0 Å². The van der Waals surface area contributed by atoms with E-state index >= 15 is 4.39 Å². The van der Waals surface area contributed by atoms with E-state index in [1.54, 1.807) is 10.8 Å². The summed E-state index contributed by atoms with van der Waals surface area (Å²) < 4.78 is 16.9. The zero-order chi connectivity index (χ0) is 18.6. The molecule has 0 bridgehead atoms. The van der Waals surface area contributed by atoms with E-state index in [4.69, 9.17) is 0 Å². The molecule has 1 aliphatic heterocycles. The van der Waals surface area contributed by atoms with Gasteiger partial charge in [0.05, 0.1) is 5.69 Å². The second kappa shape index (κ2) is 7.74. The number of hydrogen-bond donors (Lipinski definition) is 0. The maximum atomic E-state index is 15.3. The highest BCUT2D eigenvalue weighted by Crippen LogP contribution is 2.38. The smallest absolute Gasteiger partial charge is 0.270 e. The van der Waals surface area contributed by atoms with E-state index in [-0.39, 0.29) is 11.1 Å². The van der Waals surface area contributed by atoms with Crippen LogP contribution in [0.2, 0.25) is 0 Å². The second-order valence-electron chi connectivity index (χ2n) is 6.86. The first-order valence-electron chi connectivity index (χ1n) is 9.22. The molecule has 3 rings (SSSR count). The van der Waals surface area contributed by atoms with Crippen LogP contribution in [-0.2, 0) is 12.2 Å². The van der Waals surface area contributed by atoms with E-state index < -0.39 is 5.67 Å². The van der Waals surface area contributed by atoms with Crippen molar-refractivity contribution in [1.82, 2.24) is 4.57 Å². The van der Waals surface area contributed by atoms with Gasteiger partial charge < -0.3 is 9.47 Å². The number of nitrogens with zero attached hydrogens (tertiary/aromatic N) is 3. The van der Waals surface area contributed by atoms with Crippen LogP contribution in [0.25, 0.3) is 0 Å².